The van der Waals surface area contributed by atoms with E-state index in [0.29, 0.717) is 0 Å². The van der Waals surface area contributed by atoms with Gasteiger partial charge in [-0.15, -0.1) is 0 Å². The molecular formula is C12H16N2S. The number of hydrogen-bond acceptors (Lipinski definition) is 3. The number of thiophene rings is 1. The molecule has 1 unspecified atom stereocenters. The van der Waals surface area contributed by atoms with Crippen LogP contribution in [0.4, 0.5) is 0 Å². The fourth-order valence-electron chi connectivity index (χ4n) is 2.09. The highest BCUT2D eigenvalue weighted by Gasteiger charge is 2.18. The van der Waals surface area contributed by atoms with Crippen LogP contribution in [0.25, 0.3) is 0 Å². The maximum absolute atomic E-state index is 8.89. The lowest BCUT2D eigenvalue weighted by molar-refractivity contribution is 0.202. The highest BCUT2D eigenvalue weighted by Crippen LogP contribution is 2.16. The second-order valence-electron chi connectivity index (χ2n) is 4.15. The third-order valence-electron chi connectivity index (χ3n) is 2.98. The zero-order chi connectivity index (χ0) is 10.5. The smallest absolute Gasteiger partial charge is 0.0669 e. The molecule has 2 rings (SSSR count). The molecule has 1 aliphatic heterocycles. The van der Waals surface area contributed by atoms with Crippen molar-refractivity contribution in [1.82, 2.24) is 4.90 Å². The van der Waals surface area contributed by atoms with Crippen molar-refractivity contribution in [2.75, 3.05) is 19.6 Å². The number of hydrogen-bond donors (Lipinski definition) is 0. The van der Waals surface area contributed by atoms with Crippen LogP contribution in [0.15, 0.2) is 16.8 Å². The molecule has 1 aromatic rings. The van der Waals surface area contributed by atoms with Crippen molar-refractivity contribution in [3.05, 3.63) is 22.4 Å². The second-order valence-corrected chi connectivity index (χ2v) is 4.93. The highest BCUT2D eigenvalue weighted by molar-refractivity contribution is 7.07. The molecule has 15 heavy (non-hydrogen) atoms. The topological polar surface area (TPSA) is 27.0 Å². The summed E-state index contributed by atoms with van der Waals surface area (Å²) in [6, 6.07) is 4.58. The summed E-state index contributed by atoms with van der Waals surface area (Å²) in [7, 11) is 0. The monoisotopic (exact) mass is 220 g/mol. The summed E-state index contributed by atoms with van der Waals surface area (Å²) in [5.74, 6) is 0.265. The quantitative estimate of drug-likeness (QED) is 0.782. The Hall–Kier alpha value is -0.850. The Morgan fingerprint density at radius 2 is 2.53 bits per heavy atom. The summed E-state index contributed by atoms with van der Waals surface area (Å²) in [6.45, 7) is 3.25. The van der Waals surface area contributed by atoms with Gasteiger partial charge in [-0.2, -0.15) is 16.6 Å². The molecule has 0 amide bonds. The second kappa shape index (κ2) is 5.29. The van der Waals surface area contributed by atoms with E-state index in [2.05, 4.69) is 27.8 Å². The van der Waals surface area contributed by atoms with Gasteiger partial charge in [0, 0.05) is 13.1 Å². The van der Waals surface area contributed by atoms with Crippen LogP contribution in [0, 0.1) is 17.2 Å². The maximum atomic E-state index is 8.89. The predicted molar refractivity (Wildman–Crippen MR) is 62.8 cm³/mol. The summed E-state index contributed by atoms with van der Waals surface area (Å²) >= 11 is 1.76. The number of nitriles is 1. The molecule has 0 saturated carbocycles. The lowest BCUT2D eigenvalue weighted by Crippen LogP contribution is -2.36. The minimum atomic E-state index is 0.265. The zero-order valence-electron chi connectivity index (χ0n) is 8.85. The lowest BCUT2D eigenvalue weighted by atomic mass is 9.99. The summed E-state index contributed by atoms with van der Waals surface area (Å²) in [4.78, 5) is 2.43. The average molecular weight is 220 g/mol. The molecule has 1 aromatic heterocycles. The van der Waals surface area contributed by atoms with E-state index in [9.17, 15) is 0 Å². The van der Waals surface area contributed by atoms with Crippen molar-refractivity contribution in [3.63, 3.8) is 0 Å². The van der Waals surface area contributed by atoms with E-state index in [0.717, 1.165) is 25.9 Å². The molecule has 2 nitrogen and oxygen atoms in total. The minimum absolute atomic E-state index is 0.265. The molecule has 0 spiro atoms. The van der Waals surface area contributed by atoms with Crippen LogP contribution in [0.2, 0.25) is 0 Å². The molecule has 0 aromatic carbocycles. The molecule has 1 saturated heterocycles. The van der Waals surface area contributed by atoms with Crippen LogP contribution in [-0.4, -0.2) is 24.5 Å². The van der Waals surface area contributed by atoms with Gasteiger partial charge in [-0.1, -0.05) is 0 Å². The van der Waals surface area contributed by atoms with E-state index in [1.807, 2.05) is 0 Å². The molecule has 80 valence electrons. The summed E-state index contributed by atoms with van der Waals surface area (Å²) in [6.07, 6.45) is 3.40. The number of rotatable bonds is 3. The van der Waals surface area contributed by atoms with Gasteiger partial charge in [0.05, 0.1) is 12.0 Å². The van der Waals surface area contributed by atoms with E-state index >= 15 is 0 Å². The largest absolute Gasteiger partial charge is 0.302 e. The molecule has 0 aliphatic carbocycles. The minimum Gasteiger partial charge on any atom is -0.302 e. The third-order valence-corrected chi connectivity index (χ3v) is 3.72. The zero-order valence-corrected chi connectivity index (χ0v) is 9.67. The van der Waals surface area contributed by atoms with Gasteiger partial charge in [-0.25, -0.2) is 0 Å². The highest BCUT2D eigenvalue weighted by atomic mass is 32.1. The Morgan fingerprint density at radius 3 is 3.27 bits per heavy atom. The van der Waals surface area contributed by atoms with Crippen LogP contribution < -0.4 is 0 Å². The van der Waals surface area contributed by atoms with Crippen molar-refractivity contribution < 1.29 is 0 Å². The van der Waals surface area contributed by atoms with Gasteiger partial charge in [0.15, 0.2) is 0 Å². The molecule has 1 aliphatic rings. The normalized spacial score (nSPS) is 22.5. The van der Waals surface area contributed by atoms with Gasteiger partial charge in [-0.3, -0.25) is 0 Å². The molecule has 0 N–H and O–H groups in total. The maximum Gasteiger partial charge on any atom is 0.0669 e. The predicted octanol–water partition coefficient (Wildman–Crippen LogP) is 2.53. The van der Waals surface area contributed by atoms with Gasteiger partial charge in [0.25, 0.3) is 0 Å². The van der Waals surface area contributed by atoms with E-state index in [-0.39, 0.29) is 5.92 Å². The van der Waals surface area contributed by atoms with Gasteiger partial charge in [-0.05, 0) is 48.2 Å². The molecule has 0 bridgehead atoms. The Kier molecular flexibility index (Phi) is 3.76. The lowest BCUT2D eigenvalue weighted by Gasteiger charge is -2.29. The third kappa shape index (κ3) is 3.05. The first-order valence-electron chi connectivity index (χ1n) is 5.51. The van der Waals surface area contributed by atoms with E-state index in [1.165, 1.54) is 18.5 Å². The number of likely N-dealkylation sites (tertiary alicyclic amines) is 1. The molecule has 1 fully saturated rings. The molecule has 3 heteroatoms. The van der Waals surface area contributed by atoms with E-state index < -0.39 is 0 Å². The Labute approximate surface area is 95.1 Å². The van der Waals surface area contributed by atoms with Crippen LogP contribution in [0.1, 0.15) is 18.4 Å². The van der Waals surface area contributed by atoms with Crippen LogP contribution in [0.3, 0.4) is 0 Å². The van der Waals surface area contributed by atoms with Crippen LogP contribution in [0.5, 0.6) is 0 Å². The van der Waals surface area contributed by atoms with Crippen molar-refractivity contribution >= 4 is 11.3 Å². The standard InChI is InChI=1S/C12H16N2S/c13-8-12-2-1-5-14(9-12)6-3-11-4-7-15-10-11/h4,7,10,12H,1-3,5-6,9H2. The van der Waals surface area contributed by atoms with Gasteiger partial charge in [0.1, 0.15) is 0 Å². The van der Waals surface area contributed by atoms with Gasteiger partial charge in [0.2, 0.25) is 0 Å². The van der Waals surface area contributed by atoms with Gasteiger partial charge >= 0.3 is 0 Å². The number of piperidine rings is 1. The first kappa shape index (κ1) is 10.7. The molecule has 1 atom stereocenters. The fraction of sp³-hybridized carbons (Fsp3) is 0.583. The van der Waals surface area contributed by atoms with Crippen molar-refractivity contribution in [1.29, 1.82) is 5.26 Å². The van der Waals surface area contributed by atoms with E-state index in [4.69, 9.17) is 5.26 Å². The molecular weight excluding hydrogens is 204 g/mol. The summed E-state index contributed by atoms with van der Waals surface area (Å²) in [5.41, 5.74) is 1.43. The number of nitrogens with zero attached hydrogens (tertiary/aromatic N) is 2. The Bertz CT molecular complexity index is 326. The molecule has 2 heterocycles. The van der Waals surface area contributed by atoms with Crippen molar-refractivity contribution in [2.45, 2.75) is 19.3 Å². The molecule has 0 radical (unpaired) electrons. The fourth-order valence-corrected chi connectivity index (χ4v) is 2.79. The van der Waals surface area contributed by atoms with Crippen LogP contribution >= 0.6 is 11.3 Å². The summed E-state index contributed by atoms with van der Waals surface area (Å²) in [5, 5.41) is 13.2. The summed E-state index contributed by atoms with van der Waals surface area (Å²) < 4.78 is 0. The average Bonchev–Trinajstić information content (AvgIpc) is 2.79. The van der Waals surface area contributed by atoms with E-state index in [1.54, 1.807) is 11.3 Å². The van der Waals surface area contributed by atoms with Gasteiger partial charge < -0.3 is 4.90 Å². The van der Waals surface area contributed by atoms with Crippen molar-refractivity contribution in [3.8, 4) is 6.07 Å². The first-order chi connectivity index (χ1) is 7.38. The van der Waals surface area contributed by atoms with Crippen molar-refractivity contribution in [2.24, 2.45) is 5.92 Å². The Morgan fingerprint density at radius 1 is 1.60 bits per heavy atom. The van der Waals surface area contributed by atoms with Crippen LogP contribution in [-0.2, 0) is 6.42 Å². The first-order valence-corrected chi connectivity index (χ1v) is 6.46. The SMILES string of the molecule is N#CC1CCCN(CCc2ccsc2)C1. The Balaban J connectivity index is 1.77.